The minimum atomic E-state index is -3.06. The fourth-order valence-electron chi connectivity index (χ4n) is 1.45. The van der Waals surface area contributed by atoms with Crippen molar-refractivity contribution in [3.8, 4) is 5.75 Å². The van der Waals surface area contributed by atoms with Crippen molar-refractivity contribution in [3.63, 3.8) is 0 Å². The zero-order valence-corrected chi connectivity index (χ0v) is 12.5. The molecule has 0 spiro atoms. The third-order valence-corrected chi connectivity index (χ3v) is 4.72. The highest BCUT2D eigenvalue weighted by Gasteiger charge is 2.12. The number of sulfone groups is 1. The summed E-state index contributed by atoms with van der Waals surface area (Å²) in [6.07, 6.45) is 1.28. The number of hydrogen-bond acceptors (Lipinski definition) is 4. The number of rotatable bonds is 7. The molecule has 0 heterocycles. The molecule has 0 aliphatic heterocycles. The van der Waals surface area contributed by atoms with Gasteiger partial charge in [0.15, 0.2) is 16.1 Å². The number of hydrogen-bond donors (Lipinski definition) is 0. The van der Waals surface area contributed by atoms with Crippen molar-refractivity contribution < 1.29 is 17.9 Å². The van der Waals surface area contributed by atoms with Gasteiger partial charge >= 0.3 is 0 Å². The molecule has 0 aliphatic carbocycles. The van der Waals surface area contributed by atoms with Crippen molar-refractivity contribution in [2.24, 2.45) is 0 Å². The first-order chi connectivity index (χ1) is 8.50. The van der Waals surface area contributed by atoms with E-state index < -0.39 is 9.84 Å². The average molecular weight is 335 g/mol. The monoisotopic (exact) mass is 334 g/mol. The van der Waals surface area contributed by atoms with Crippen molar-refractivity contribution in [2.45, 2.75) is 13.3 Å². The maximum Gasteiger partial charge on any atom is 0.153 e. The maximum absolute atomic E-state index is 11.5. The van der Waals surface area contributed by atoms with Crippen LogP contribution in [0.2, 0.25) is 0 Å². The maximum atomic E-state index is 11.5. The Hall–Kier alpha value is -0.880. The molecule has 0 aliphatic rings. The number of carbonyl (C=O) groups excluding carboxylic acids is 1. The molecule has 4 nitrogen and oxygen atoms in total. The summed E-state index contributed by atoms with van der Waals surface area (Å²) >= 11 is 3.27. The molecule has 0 bridgehead atoms. The molecule has 100 valence electrons. The van der Waals surface area contributed by atoms with Gasteiger partial charge in [0, 0.05) is 0 Å². The van der Waals surface area contributed by atoms with Gasteiger partial charge in [0.2, 0.25) is 0 Å². The zero-order valence-electron chi connectivity index (χ0n) is 10.1. The Bertz CT molecular complexity index is 511. The Balaban J connectivity index is 2.67. The fraction of sp³-hybridized carbons (Fsp3) is 0.417. The van der Waals surface area contributed by atoms with Gasteiger partial charge in [-0.2, -0.15) is 0 Å². The van der Waals surface area contributed by atoms with Gasteiger partial charge in [-0.15, -0.1) is 0 Å². The van der Waals surface area contributed by atoms with Crippen LogP contribution in [0.4, 0.5) is 0 Å². The number of para-hydroxylation sites is 1. The van der Waals surface area contributed by atoms with Crippen LogP contribution in [-0.2, 0) is 9.84 Å². The van der Waals surface area contributed by atoms with Crippen LogP contribution in [-0.4, -0.2) is 32.8 Å². The van der Waals surface area contributed by atoms with Gasteiger partial charge in [0.05, 0.1) is 21.5 Å². The van der Waals surface area contributed by atoms with Gasteiger partial charge in [-0.1, -0.05) is 13.0 Å². The van der Waals surface area contributed by atoms with Gasteiger partial charge in [-0.3, -0.25) is 4.79 Å². The van der Waals surface area contributed by atoms with Gasteiger partial charge in [-0.05, 0) is 34.5 Å². The van der Waals surface area contributed by atoms with E-state index in [1.165, 1.54) is 0 Å². The molecule has 0 aromatic heterocycles. The van der Waals surface area contributed by atoms with Crippen molar-refractivity contribution in [2.75, 3.05) is 18.1 Å². The quantitative estimate of drug-likeness (QED) is 0.718. The van der Waals surface area contributed by atoms with Crippen LogP contribution < -0.4 is 4.74 Å². The van der Waals surface area contributed by atoms with E-state index in [-0.39, 0.29) is 18.1 Å². The second kappa shape index (κ2) is 6.89. The number of aldehydes is 1. The summed E-state index contributed by atoms with van der Waals surface area (Å²) in [5.74, 6) is 0.507. The molecule has 0 amide bonds. The molecule has 0 saturated heterocycles. The first-order valence-corrected chi connectivity index (χ1v) is 8.18. The summed E-state index contributed by atoms with van der Waals surface area (Å²) < 4.78 is 29.0. The number of halogens is 1. The van der Waals surface area contributed by atoms with Crippen LogP contribution in [0, 0.1) is 0 Å². The van der Waals surface area contributed by atoms with Gasteiger partial charge in [-0.25, -0.2) is 8.42 Å². The first-order valence-electron chi connectivity index (χ1n) is 5.57. The third-order valence-electron chi connectivity index (χ3n) is 2.28. The lowest BCUT2D eigenvalue weighted by Gasteiger charge is -2.10. The third kappa shape index (κ3) is 4.42. The summed E-state index contributed by atoms with van der Waals surface area (Å²) in [6.45, 7) is 1.86. The minimum absolute atomic E-state index is 0.0412. The van der Waals surface area contributed by atoms with Crippen molar-refractivity contribution in [3.05, 3.63) is 28.2 Å². The van der Waals surface area contributed by atoms with Crippen LogP contribution in [0.25, 0.3) is 0 Å². The van der Waals surface area contributed by atoms with Gasteiger partial charge < -0.3 is 4.74 Å². The number of carbonyl (C=O) groups is 1. The van der Waals surface area contributed by atoms with Crippen molar-refractivity contribution in [1.82, 2.24) is 0 Å². The van der Waals surface area contributed by atoms with E-state index in [2.05, 4.69) is 15.9 Å². The van der Waals surface area contributed by atoms with Crippen LogP contribution >= 0.6 is 15.9 Å². The summed E-state index contributed by atoms with van der Waals surface area (Å²) in [6, 6.07) is 5.07. The van der Waals surface area contributed by atoms with E-state index in [1.807, 2.05) is 6.92 Å². The highest BCUT2D eigenvalue weighted by molar-refractivity contribution is 9.10. The van der Waals surface area contributed by atoms with Crippen LogP contribution in [0.5, 0.6) is 5.75 Å². The fourth-order valence-corrected chi connectivity index (χ4v) is 3.11. The Morgan fingerprint density at radius 3 is 2.67 bits per heavy atom. The molecule has 0 atom stereocenters. The molecule has 0 N–H and O–H groups in total. The predicted octanol–water partition coefficient (Wildman–Crippen LogP) is 2.47. The Labute approximate surface area is 115 Å². The lowest BCUT2D eigenvalue weighted by atomic mass is 10.2. The van der Waals surface area contributed by atoms with E-state index in [1.54, 1.807) is 18.2 Å². The molecule has 6 heteroatoms. The van der Waals surface area contributed by atoms with Gasteiger partial charge in [0.25, 0.3) is 0 Å². The number of ether oxygens (including phenoxy) is 1. The second-order valence-electron chi connectivity index (χ2n) is 3.78. The molecule has 0 fully saturated rings. The summed E-state index contributed by atoms with van der Waals surface area (Å²) in [5.41, 5.74) is 0.400. The minimum Gasteiger partial charge on any atom is -0.491 e. The molecule has 0 unspecified atom stereocenters. The highest BCUT2D eigenvalue weighted by atomic mass is 79.9. The summed E-state index contributed by atoms with van der Waals surface area (Å²) in [7, 11) is -3.06. The van der Waals surface area contributed by atoms with Gasteiger partial charge in [0.1, 0.15) is 12.4 Å². The Morgan fingerprint density at radius 1 is 1.33 bits per heavy atom. The van der Waals surface area contributed by atoms with Crippen LogP contribution in [0.15, 0.2) is 22.7 Å². The number of benzene rings is 1. The molecule has 1 rings (SSSR count). The lowest BCUT2D eigenvalue weighted by Crippen LogP contribution is -2.17. The Morgan fingerprint density at radius 2 is 2.06 bits per heavy atom. The molecule has 1 aromatic carbocycles. The topological polar surface area (TPSA) is 60.4 Å². The van der Waals surface area contributed by atoms with Crippen molar-refractivity contribution >= 4 is 32.1 Å². The first kappa shape index (κ1) is 15.2. The van der Waals surface area contributed by atoms with E-state index in [0.29, 0.717) is 28.5 Å². The second-order valence-corrected chi connectivity index (χ2v) is 6.93. The van der Waals surface area contributed by atoms with E-state index in [9.17, 15) is 13.2 Å². The molecule has 0 radical (unpaired) electrons. The molecule has 0 saturated carbocycles. The Kier molecular flexibility index (Phi) is 5.81. The molecular formula is C12H15BrO4S. The average Bonchev–Trinajstić information content (AvgIpc) is 2.30. The lowest BCUT2D eigenvalue weighted by molar-refractivity contribution is 0.111. The normalized spacial score (nSPS) is 11.2. The van der Waals surface area contributed by atoms with E-state index in [0.717, 1.165) is 0 Å². The smallest absolute Gasteiger partial charge is 0.153 e. The van der Waals surface area contributed by atoms with Crippen molar-refractivity contribution in [1.29, 1.82) is 0 Å². The summed E-state index contributed by atoms with van der Waals surface area (Å²) in [5, 5.41) is 0. The molecule has 1 aromatic rings. The predicted molar refractivity (Wildman–Crippen MR) is 74.0 cm³/mol. The molecular weight excluding hydrogens is 320 g/mol. The highest BCUT2D eigenvalue weighted by Crippen LogP contribution is 2.27. The van der Waals surface area contributed by atoms with Crippen LogP contribution in [0.1, 0.15) is 23.7 Å². The largest absolute Gasteiger partial charge is 0.491 e. The van der Waals surface area contributed by atoms with Crippen LogP contribution in [0.3, 0.4) is 0 Å². The van der Waals surface area contributed by atoms with E-state index >= 15 is 0 Å². The standard InChI is InChI=1S/C12H15BrO4S/c1-2-7-18(15,16)8-6-17-12-10(9-14)4-3-5-11(12)13/h3-5,9H,2,6-8H2,1H3. The SMILES string of the molecule is CCCS(=O)(=O)CCOc1c(Br)cccc1C=O. The summed E-state index contributed by atoms with van der Waals surface area (Å²) in [4.78, 5) is 10.8. The zero-order chi connectivity index (χ0) is 13.6. The molecule has 18 heavy (non-hydrogen) atoms. The van der Waals surface area contributed by atoms with E-state index in [4.69, 9.17) is 4.74 Å².